The predicted molar refractivity (Wildman–Crippen MR) is 149 cm³/mol. The molecule has 2 heterocycles. The Bertz CT molecular complexity index is 1590. The van der Waals surface area contributed by atoms with E-state index in [9.17, 15) is 14.4 Å². The molecule has 3 amide bonds. The molecule has 190 valence electrons. The fourth-order valence-electron chi connectivity index (χ4n) is 4.02. The van der Waals surface area contributed by atoms with E-state index in [2.05, 4.69) is 41.8 Å². The first-order chi connectivity index (χ1) is 18.3. The van der Waals surface area contributed by atoms with Crippen molar-refractivity contribution in [2.24, 2.45) is 4.99 Å². The van der Waals surface area contributed by atoms with Crippen molar-refractivity contribution in [2.75, 3.05) is 17.3 Å². The Morgan fingerprint density at radius 1 is 0.974 bits per heavy atom. The quantitative estimate of drug-likeness (QED) is 0.313. The third-order valence-corrected chi connectivity index (χ3v) is 7.04. The molecule has 1 atom stereocenters. The van der Waals surface area contributed by atoms with Gasteiger partial charge < -0.3 is 15.5 Å². The van der Waals surface area contributed by atoms with Crippen molar-refractivity contribution in [1.82, 2.24) is 15.5 Å². The third-order valence-electron chi connectivity index (χ3n) is 5.94. The summed E-state index contributed by atoms with van der Waals surface area (Å²) >= 11 is 9.42. The zero-order valence-electron chi connectivity index (χ0n) is 19.9. The first kappa shape index (κ1) is 25.4. The third kappa shape index (κ3) is 4.83. The number of benzene rings is 3. The lowest BCUT2D eigenvalue weighted by Crippen LogP contribution is -2.46. The highest BCUT2D eigenvalue weighted by atomic mass is 79.9. The molecule has 11 heteroatoms. The monoisotopic (exact) mass is 590 g/mol. The SMILES string of the molecule is CN1C(=O)C(NC(=O)c2n[nH]c(NC(=O)c3ccccc3Cl)c2Br)N=C(c2ccccc2)c2ccccc21. The molecule has 0 spiro atoms. The van der Waals surface area contributed by atoms with E-state index in [1.807, 2.05) is 54.6 Å². The summed E-state index contributed by atoms with van der Waals surface area (Å²) in [5, 5.41) is 12.3. The lowest BCUT2D eigenvalue weighted by atomic mass is 10.0. The molecule has 4 aromatic rings. The maximum Gasteiger partial charge on any atom is 0.275 e. The molecule has 3 N–H and O–H groups in total. The number of aromatic nitrogens is 2. The van der Waals surface area contributed by atoms with Gasteiger partial charge in [-0.05, 0) is 34.1 Å². The fraction of sp³-hybridized carbons (Fsp3) is 0.0741. The highest BCUT2D eigenvalue weighted by molar-refractivity contribution is 9.10. The second-order valence-corrected chi connectivity index (χ2v) is 9.53. The Morgan fingerprint density at radius 2 is 1.66 bits per heavy atom. The number of anilines is 2. The van der Waals surface area contributed by atoms with Gasteiger partial charge in [0, 0.05) is 18.2 Å². The van der Waals surface area contributed by atoms with Crippen molar-refractivity contribution in [3.8, 4) is 0 Å². The Labute approximate surface area is 231 Å². The molecule has 0 aliphatic carbocycles. The van der Waals surface area contributed by atoms with Gasteiger partial charge >= 0.3 is 0 Å². The highest BCUT2D eigenvalue weighted by Gasteiger charge is 2.32. The molecule has 0 radical (unpaired) electrons. The lowest BCUT2D eigenvalue weighted by molar-refractivity contribution is -0.119. The number of nitrogens with one attached hydrogen (secondary N) is 3. The number of carbonyl (C=O) groups is 3. The van der Waals surface area contributed by atoms with Gasteiger partial charge in [-0.1, -0.05) is 72.3 Å². The summed E-state index contributed by atoms with van der Waals surface area (Å²) in [4.78, 5) is 45.4. The Morgan fingerprint density at radius 3 is 2.42 bits per heavy atom. The normalized spacial score (nSPS) is 14.8. The maximum atomic E-state index is 13.4. The van der Waals surface area contributed by atoms with Crippen molar-refractivity contribution in [3.05, 3.63) is 111 Å². The van der Waals surface area contributed by atoms with Crippen LogP contribution in [0.3, 0.4) is 0 Å². The molecule has 3 aromatic carbocycles. The molecule has 0 saturated heterocycles. The largest absolute Gasteiger partial charge is 0.321 e. The van der Waals surface area contributed by atoms with Crippen LogP contribution in [0.4, 0.5) is 11.5 Å². The maximum absolute atomic E-state index is 13.4. The van der Waals surface area contributed by atoms with Gasteiger partial charge in [-0.2, -0.15) is 5.10 Å². The fourth-order valence-corrected chi connectivity index (χ4v) is 4.70. The number of aliphatic imine (C=N–C) groups is 1. The molecular weight excluding hydrogens is 572 g/mol. The van der Waals surface area contributed by atoms with Crippen LogP contribution in [-0.4, -0.2) is 46.8 Å². The molecule has 38 heavy (non-hydrogen) atoms. The van der Waals surface area contributed by atoms with E-state index in [4.69, 9.17) is 11.6 Å². The van der Waals surface area contributed by atoms with Crippen LogP contribution in [0.1, 0.15) is 32.0 Å². The van der Waals surface area contributed by atoms with E-state index in [1.54, 1.807) is 31.3 Å². The molecular formula is C27H20BrClN6O3. The van der Waals surface area contributed by atoms with E-state index >= 15 is 0 Å². The second-order valence-electron chi connectivity index (χ2n) is 8.33. The number of amides is 3. The summed E-state index contributed by atoms with van der Waals surface area (Å²) in [5.74, 6) is -1.41. The van der Waals surface area contributed by atoms with Gasteiger partial charge in [0.05, 0.1) is 26.5 Å². The number of H-pyrrole nitrogens is 1. The van der Waals surface area contributed by atoms with Gasteiger partial charge in [-0.25, -0.2) is 4.99 Å². The van der Waals surface area contributed by atoms with Crippen LogP contribution >= 0.6 is 27.5 Å². The number of benzodiazepines with no additional fused rings is 1. The summed E-state index contributed by atoms with van der Waals surface area (Å²) in [6.45, 7) is 0. The van der Waals surface area contributed by atoms with Crippen LogP contribution in [-0.2, 0) is 4.79 Å². The summed E-state index contributed by atoms with van der Waals surface area (Å²) < 4.78 is 0.209. The summed E-state index contributed by atoms with van der Waals surface area (Å²) in [6.07, 6.45) is -1.22. The van der Waals surface area contributed by atoms with E-state index < -0.39 is 23.9 Å². The van der Waals surface area contributed by atoms with Gasteiger partial charge in [-0.3, -0.25) is 19.5 Å². The zero-order valence-corrected chi connectivity index (χ0v) is 22.2. The first-order valence-electron chi connectivity index (χ1n) is 11.5. The number of nitrogens with zero attached hydrogens (tertiary/aromatic N) is 3. The Hall–Kier alpha value is -4.28. The Balaban J connectivity index is 1.43. The highest BCUT2D eigenvalue weighted by Crippen LogP contribution is 2.28. The number of aromatic amines is 1. The molecule has 0 fully saturated rings. The molecule has 1 aliphatic heterocycles. The average molecular weight is 592 g/mol. The van der Waals surface area contributed by atoms with Crippen molar-refractivity contribution >= 4 is 62.5 Å². The number of hydrogen-bond donors (Lipinski definition) is 3. The van der Waals surface area contributed by atoms with Crippen molar-refractivity contribution in [1.29, 1.82) is 0 Å². The molecule has 1 unspecified atom stereocenters. The minimum Gasteiger partial charge on any atom is -0.321 e. The molecule has 0 bridgehead atoms. The van der Waals surface area contributed by atoms with Gasteiger partial charge in [0.15, 0.2) is 5.69 Å². The summed E-state index contributed by atoms with van der Waals surface area (Å²) in [6, 6.07) is 23.4. The minimum atomic E-state index is -1.22. The van der Waals surface area contributed by atoms with E-state index in [0.29, 0.717) is 11.4 Å². The number of fused-ring (bicyclic) bond motifs is 1. The Kier molecular flexibility index (Phi) is 7.08. The zero-order chi connectivity index (χ0) is 26.8. The molecule has 9 nitrogen and oxygen atoms in total. The molecule has 5 rings (SSSR count). The van der Waals surface area contributed by atoms with Crippen LogP contribution in [0.15, 0.2) is 88.3 Å². The first-order valence-corrected chi connectivity index (χ1v) is 12.6. The van der Waals surface area contributed by atoms with Crippen LogP contribution in [0, 0.1) is 0 Å². The van der Waals surface area contributed by atoms with Gasteiger partial charge in [0.25, 0.3) is 17.7 Å². The second kappa shape index (κ2) is 10.6. The lowest BCUT2D eigenvalue weighted by Gasteiger charge is -2.20. The molecule has 1 aromatic heterocycles. The van der Waals surface area contributed by atoms with Gasteiger partial charge in [0.2, 0.25) is 6.17 Å². The smallest absolute Gasteiger partial charge is 0.275 e. The summed E-state index contributed by atoms with van der Waals surface area (Å²) in [5.41, 5.74) is 2.99. The predicted octanol–water partition coefficient (Wildman–Crippen LogP) is 4.65. The van der Waals surface area contributed by atoms with Crippen molar-refractivity contribution < 1.29 is 14.4 Å². The number of halogens is 2. The van der Waals surface area contributed by atoms with Crippen LogP contribution in [0.25, 0.3) is 0 Å². The standard InChI is InChI=1S/C27H20BrClN6O3/c1-35-19-14-8-6-12-17(19)21(15-9-3-2-4-10-15)30-24(27(35)38)32-26(37)22-20(28)23(34-33-22)31-25(36)16-11-5-7-13-18(16)29/h2-14,24H,1H3,(H,32,37)(H2,31,33,34,36). The minimum absolute atomic E-state index is 0.0619. The topological polar surface area (TPSA) is 120 Å². The number of rotatable bonds is 5. The molecule has 0 saturated carbocycles. The van der Waals surface area contributed by atoms with Gasteiger partial charge in [0.1, 0.15) is 5.82 Å². The van der Waals surface area contributed by atoms with Gasteiger partial charge in [-0.15, -0.1) is 0 Å². The van der Waals surface area contributed by atoms with E-state index in [-0.39, 0.29) is 26.6 Å². The number of para-hydroxylation sites is 1. The number of carbonyl (C=O) groups excluding carboxylic acids is 3. The van der Waals surface area contributed by atoms with Crippen LogP contribution in [0.5, 0.6) is 0 Å². The van der Waals surface area contributed by atoms with E-state index in [1.165, 1.54) is 4.90 Å². The molecule has 1 aliphatic rings. The van der Waals surface area contributed by atoms with Crippen molar-refractivity contribution in [3.63, 3.8) is 0 Å². The number of likely N-dealkylation sites (N-methyl/N-ethyl adjacent to an activating group) is 1. The number of hydrogen-bond acceptors (Lipinski definition) is 5. The van der Waals surface area contributed by atoms with Crippen LogP contribution < -0.4 is 15.5 Å². The van der Waals surface area contributed by atoms with Crippen molar-refractivity contribution in [2.45, 2.75) is 6.17 Å². The van der Waals surface area contributed by atoms with Crippen LogP contribution in [0.2, 0.25) is 5.02 Å². The van der Waals surface area contributed by atoms with E-state index in [0.717, 1.165) is 11.1 Å². The average Bonchev–Trinajstić information content (AvgIpc) is 3.25. The summed E-state index contributed by atoms with van der Waals surface area (Å²) in [7, 11) is 1.64.